The van der Waals surface area contributed by atoms with E-state index in [-0.39, 0.29) is 24.8 Å². The lowest BCUT2D eigenvalue weighted by Gasteiger charge is -2.22. The first-order valence-corrected chi connectivity index (χ1v) is 13.9. The van der Waals surface area contributed by atoms with Gasteiger partial charge in [0, 0.05) is 13.0 Å². The third kappa shape index (κ3) is 13.4. The van der Waals surface area contributed by atoms with Gasteiger partial charge in [0.15, 0.2) is 0 Å². The largest absolute Gasteiger partial charge is 0.467 e. The highest BCUT2D eigenvalue weighted by atomic mass is 16.6. The summed E-state index contributed by atoms with van der Waals surface area (Å²) in [7, 11) is 1.29. The smallest absolute Gasteiger partial charge is 0.408 e. The fraction of sp³-hybridized carbons (Fsp3) is 0.500. The number of amides is 2. The molecule has 9 heteroatoms. The van der Waals surface area contributed by atoms with Crippen molar-refractivity contribution in [3.63, 3.8) is 0 Å². The Morgan fingerprint density at radius 3 is 1.88 bits per heavy atom. The van der Waals surface area contributed by atoms with Crippen LogP contribution in [0.25, 0.3) is 11.1 Å². The zero-order valence-corrected chi connectivity index (χ0v) is 25.3. The number of carbonyl (C=O) groups excluding carboxylic acids is 4. The number of esters is 2. The summed E-state index contributed by atoms with van der Waals surface area (Å²) in [5.74, 6) is -0.998. The van der Waals surface area contributed by atoms with E-state index in [1.807, 2.05) is 42.5 Å². The van der Waals surface area contributed by atoms with Gasteiger partial charge in [-0.25, -0.2) is 9.59 Å². The van der Waals surface area contributed by atoms with Crippen LogP contribution >= 0.6 is 0 Å². The summed E-state index contributed by atoms with van der Waals surface area (Å²) in [6.45, 7) is 10.9. The van der Waals surface area contributed by atoms with Gasteiger partial charge in [0.05, 0.1) is 13.5 Å². The first kappa shape index (κ1) is 33.3. The highest BCUT2D eigenvalue weighted by molar-refractivity contribution is 5.81. The number of nitrogens with one attached hydrogen (secondary N) is 2. The molecule has 2 N–H and O–H groups in total. The molecule has 1 atom stereocenters. The van der Waals surface area contributed by atoms with Gasteiger partial charge in [0.1, 0.15) is 17.2 Å². The number of hydrogen-bond donors (Lipinski definition) is 2. The summed E-state index contributed by atoms with van der Waals surface area (Å²) in [4.78, 5) is 48.6. The molecule has 0 aromatic heterocycles. The van der Waals surface area contributed by atoms with Crippen LogP contribution in [0.5, 0.6) is 0 Å². The Labute approximate surface area is 243 Å². The molecule has 0 spiro atoms. The van der Waals surface area contributed by atoms with Gasteiger partial charge >= 0.3 is 18.0 Å². The fourth-order valence-corrected chi connectivity index (χ4v) is 4.01. The van der Waals surface area contributed by atoms with E-state index >= 15 is 0 Å². The van der Waals surface area contributed by atoms with E-state index in [9.17, 15) is 19.2 Å². The van der Waals surface area contributed by atoms with E-state index in [0.717, 1.165) is 22.3 Å². The number of rotatable bonds is 12. The molecular weight excluding hydrogens is 524 g/mol. The van der Waals surface area contributed by atoms with Crippen LogP contribution in [-0.4, -0.2) is 54.8 Å². The van der Waals surface area contributed by atoms with Gasteiger partial charge in [-0.3, -0.25) is 9.59 Å². The van der Waals surface area contributed by atoms with Crippen LogP contribution in [0.4, 0.5) is 4.79 Å². The molecule has 224 valence electrons. The summed E-state index contributed by atoms with van der Waals surface area (Å²) in [5, 5.41) is 5.38. The Morgan fingerprint density at radius 1 is 0.780 bits per heavy atom. The Balaban J connectivity index is 1.95. The standard InChI is InChI=1S/C32H44N2O7/c1-31(2,3)40-28(36)18-19-33-27(35)17-15-23-11-9-13-25(21-23)24-12-8-10-22(20-24)14-16-26(29(37)39-7)34-30(38)41-32(4,5)6/h8-13,20-21,26H,14-19H2,1-7H3,(H,33,35)(H,34,38)/t26-/m0/s1. The monoisotopic (exact) mass is 568 g/mol. The van der Waals surface area contributed by atoms with Crippen LogP contribution in [0.3, 0.4) is 0 Å². The van der Waals surface area contributed by atoms with Crippen molar-refractivity contribution >= 4 is 23.9 Å². The lowest BCUT2D eigenvalue weighted by molar-refractivity contribution is -0.154. The molecule has 0 fully saturated rings. The zero-order valence-electron chi connectivity index (χ0n) is 25.3. The molecule has 2 rings (SSSR count). The lowest BCUT2D eigenvalue weighted by Crippen LogP contribution is -2.44. The molecule has 41 heavy (non-hydrogen) atoms. The van der Waals surface area contributed by atoms with Crippen LogP contribution in [-0.2, 0) is 41.4 Å². The maximum Gasteiger partial charge on any atom is 0.408 e. The van der Waals surface area contributed by atoms with E-state index in [1.54, 1.807) is 41.5 Å². The second-order valence-corrected chi connectivity index (χ2v) is 11.8. The Bertz CT molecular complexity index is 1200. The molecule has 2 aromatic rings. The molecule has 0 aliphatic heterocycles. The van der Waals surface area contributed by atoms with Crippen molar-refractivity contribution in [2.75, 3.05) is 13.7 Å². The summed E-state index contributed by atoms with van der Waals surface area (Å²) in [5.41, 5.74) is 2.79. The Morgan fingerprint density at radius 2 is 1.34 bits per heavy atom. The summed E-state index contributed by atoms with van der Waals surface area (Å²) < 4.78 is 15.4. The van der Waals surface area contributed by atoms with Gasteiger partial charge in [-0.05, 0) is 83.1 Å². The molecule has 2 amide bonds. The SMILES string of the molecule is COC(=O)[C@H](CCc1cccc(-c2cccc(CCC(=O)NCCC(=O)OC(C)(C)C)c2)c1)NC(=O)OC(C)(C)C. The van der Waals surface area contributed by atoms with Gasteiger partial charge in [0.2, 0.25) is 5.91 Å². The van der Waals surface area contributed by atoms with Gasteiger partial charge in [0.25, 0.3) is 0 Å². The fourth-order valence-electron chi connectivity index (χ4n) is 4.01. The molecule has 0 saturated heterocycles. The molecule has 0 bridgehead atoms. The average molecular weight is 569 g/mol. The molecule has 0 unspecified atom stereocenters. The van der Waals surface area contributed by atoms with Gasteiger partial charge in [-0.15, -0.1) is 0 Å². The quantitative estimate of drug-likeness (QED) is 0.269. The first-order chi connectivity index (χ1) is 19.1. The molecule has 0 radical (unpaired) electrons. The van der Waals surface area contributed by atoms with Crippen LogP contribution in [0.2, 0.25) is 0 Å². The first-order valence-electron chi connectivity index (χ1n) is 13.9. The van der Waals surface area contributed by atoms with Crippen LogP contribution in [0.1, 0.15) is 71.9 Å². The zero-order chi connectivity index (χ0) is 30.6. The average Bonchev–Trinajstić information content (AvgIpc) is 2.87. The van der Waals surface area contributed by atoms with Crippen molar-refractivity contribution in [1.29, 1.82) is 0 Å². The van der Waals surface area contributed by atoms with Gasteiger partial charge in [-0.1, -0.05) is 48.5 Å². The van der Waals surface area contributed by atoms with Crippen LogP contribution in [0.15, 0.2) is 48.5 Å². The Hall–Kier alpha value is -3.88. The predicted molar refractivity (Wildman–Crippen MR) is 157 cm³/mol. The number of hydrogen-bond acceptors (Lipinski definition) is 7. The highest BCUT2D eigenvalue weighted by Gasteiger charge is 2.25. The number of carbonyl (C=O) groups is 4. The van der Waals surface area contributed by atoms with Crippen molar-refractivity contribution in [3.8, 4) is 11.1 Å². The summed E-state index contributed by atoms with van der Waals surface area (Å²) >= 11 is 0. The molecule has 0 heterocycles. The normalized spacial score (nSPS) is 12.2. The third-order valence-corrected chi connectivity index (χ3v) is 5.80. The summed E-state index contributed by atoms with van der Waals surface area (Å²) in [6.07, 6.45) is 1.20. The van der Waals surface area contributed by atoms with Crippen LogP contribution in [0, 0.1) is 0 Å². The highest BCUT2D eigenvalue weighted by Crippen LogP contribution is 2.23. The van der Waals surface area contributed by atoms with E-state index < -0.39 is 29.3 Å². The van der Waals surface area contributed by atoms with E-state index in [1.165, 1.54) is 7.11 Å². The molecule has 9 nitrogen and oxygen atoms in total. The Kier molecular flexibility index (Phi) is 12.4. The van der Waals surface area contributed by atoms with Gasteiger partial charge in [-0.2, -0.15) is 0 Å². The van der Waals surface area contributed by atoms with Crippen molar-refractivity contribution in [2.24, 2.45) is 0 Å². The molecular formula is C32H44N2O7. The van der Waals surface area contributed by atoms with Crippen molar-refractivity contribution < 1.29 is 33.4 Å². The minimum atomic E-state index is -0.836. The number of methoxy groups -OCH3 is 1. The van der Waals surface area contributed by atoms with Crippen molar-refractivity contribution in [2.45, 2.75) is 90.9 Å². The van der Waals surface area contributed by atoms with Crippen LogP contribution < -0.4 is 10.6 Å². The number of alkyl carbamates (subject to hydrolysis) is 1. The minimum Gasteiger partial charge on any atom is -0.467 e. The van der Waals surface area contributed by atoms with E-state index in [2.05, 4.69) is 16.7 Å². The van der Waals surface area contributed by atoms with Crippen molar-refractivity contribution in [3.05, 3.63) is 59.7 Å². The second kappa shape index (κ2) is 15.2. The van der Waals surface area contributed by atoms with Crippen molar-refractivity contribution in [1.82, 2.24) is 10.6 Å². The lowest BCUT2D eigenvalue weighted by atomic mass is 9.97. The predicted octanol–water partition coefficient (Wildman–Crippen LogP) is 5.13. The topological polar surface area (TPSA) is 120 Å². The third-order valence-electron chi connectivity index (χ3n) is 5.80. The maximum atomic E-state index is 12.3. The number of benzene rings is 2. The number of ether oxygens (including phenoxy) is 3. The second-order valence-electron chi connectivity index (χ2n) is 11.8. The van der Waals surface area contributed by atoms with E-state index in [0.29, 0.717) is 25.7 Å². The summed E-state index contributed by atoms with van der Waals surface area (Å²) in [6, 6.07) is 15.1. The molecule has 0 aliphatic rings. The number of aryl methyl sites for hydroxylation is 2. The molecule has 0 aliphatic carbocycles. The van der Waals surface area contributed by atoms with E-state index in [4.69, 9.17) is 14.2 Å². The minimum absolute atomic E-state index is 0.124. The molecule has 2 aromatic carbocycles. The maximum absolute atomic E-state index is 12.3. The van der Waals surface area contributed by atoms with Gasteiger partial charge < -0.3 is 24.8 Å². The molecule has 0 saturated carbocycles.